The molecular formula is C26H24N4OS. The van der Waals surface area contributed by atoms with Crippen molar-refractivity contribution in [1.82, 2.24) is 14.9 Å². The van der Waals surface area contributed by atoms with E-state index in [4.69, 9.17) is 4.74 Å². The van der Waals surface area contributed by atoms with E-state index >= 15 is 0 Å². The van der Waals surface area contributed by atoms with Gasteiger partial charge in [-0.1, -0.05) is 18.2 Å². The van der Waals surface area contributed by atoms with Gasteiger partial charge < -0.3 is 15.0 Å². The Balaban J connectivity index is 1.29. The maximum Gasteiger partial charge on any atom is 0.125 e. The maximum absolute atomic E-state index is 5.48. The number of nitrogens with one attached hydrogen (secondary N) is 2. The first-order valence-corrected chi connectivity index (χ1v) is 11.8. The van der Waals surface area contributed by atoms with E-state index in [9.17, 15) is 0 Å². The number of fused-ring (bicyclic) bond motifs is 2. The van der Waals surface area contributed by atoms with E-state index in [1.807, 2.05) is 12.4 Å². The van der Waals surface area contributed by atoms with Gasteiger partial charge >= 0.3 is 0 Å². The number of aromatic nitrogens is 2. The lowest BCUT2D eigenvalue weighted by atomic mass is 10.1. The molecule has 160 valence electrons. The molecule has 4 heterocycles. The van der Waals surface area contributed by atoms with Crippen molar-refractivity contribution < 1.29 is 4.74 Å². The minimum Gasteiger partial charge on any atom is -0.379 e. The molecule has 32 heavy (non-hydrogen) atoms. The lowest BCUT2D eigenvalue weighted by molar-refractivity contribution is 0.0342. The fourth-order valence-corrected chi connectivity index (χ4v) is 5.34. The number of rotatable bonds is 5. The second kappa shape index (κ2) is 8.39. The second-order valence-corrected chi connectivity index (χ2v) is 9.21. The molecule has 0 atom stereocenters. The molecule has 0 aliphatic carbocycles. The zero-order chi connectivity index (χ0) is 21.3. The molecule has 0 radical (unpaired) electrons. The molecule has 1 aliphatic rings. The van der Waals surface area contributed by atoms with Crippen LogP contribution in [-0.2, 0) is 11.3 Å². The van der Waals surface area contributed by atoms with Crippen LogP contribution in [0.25, 0.3) is 31.6 Å². The van der Waals surface area contributed by atoms with Gasteiger partial charge in [-0.2, -0.15) is 0 Å². The highest BCUT2D eigenvalue weighted by Gasteiger charge is 2.13. The number of anilines is 2. The number of morpholine rings is 1. The van der Waals surface area contributed by atoms with Gasteiger partial charge in [-0.15, -0.1) is 11.3 Å². The lowest BCUT2D eigenvalue weighted by Gasteiger charge is -2.26. The summed E-state index contributed by atoms with van der Waals surface area (Å²) in [6, 6.07) is 21.7. The van der Waals surface area contributed by atoms with Crippen molar-refractivity contribution in [2.45, 2.75) is 6.54 Å². The van der Waals surface area contributed by atoms with Gasteiger partial charge in [0.15, 0.2) is 0 Å². The molecule has 0 unspecified atom stereocenters. The van der Waals surface area contributed by atoms with Crippen LogP contribution in [0.5, 0.6) is 0 Å². The molecule has 0 bridgehead atoms. The molecule has 2 aromatic carbocycles. The molecule has 1 aliphatic heterocycles. The number of hydrogen-bond acceptors (Lipinski definition) is 5. The Morgan fingerprint density at radius 1 is 1.03 bits per heavy atom. The summed E-state index contributed by atoms with van der Waals surface area (Å²) < 4.78 is 5.48. The van der Waals surface area contributed by atoms with Crippen molar-refractivity contribution in [3.05, 3.63) is 78.6 Å². The van der Waals surface area contributed by atoms with Crippen LogP contribution in [0.1, 0.15) is 5.56 Å². The first-order chi connectivity index (χ1) is 15.8. The Hall–Kier alpha value is -3.19. The SMILES string of the molecule is c1cc(CN2CCOCC2)cc(-c2cc3c(Nc4ccc5[nH]ccc5c4)ccnc3s2)c1. The van der Waals surface area contributed by atoms with E-state index in [1.165, 1.54) is 21.4 Å². The van der Waals surface area contributed by atoms with Crippen molar-refractivity contribution in [2.24, 2.45) is 0 Å². The summed E-state index contributed by atoms with van der Waals surface area (Å²) in [5.74, 6) is 0. The van der Waals surface area contributed by atoms with E-state index in [0.717, 1.165) is 60.0 Å². The van der Waals surface area contributed by atoms with Crippen LogP contribution in [0.3, 0.4) is 0 Å². The molecule has 2 N–H and O–H groups in total. The predicted octanol–water partition coefficient (Wildman–Crippen LogP) is 6.02. The third-order valence-electron chi connectivity index (χ3n) is 5.99. The maximum atomic E-state index is 5.48. The zero-order valence-electron chi connectivity index (χ0n) is 17.7. The summed E-state index contributed by atoms with van der Waals surface area (Å²) in [6.07, 6.45) is 3.85. The van der Waals surface area contributed by atoms with Crippen LogP contribution >= 0.6 is 11.3 Å². The number of aromatic amines is 1. The molecule has 1 saturated heterocycles. The number of thiophene rings is 1. The van der Waals surface area contributed by atoms with Crippen molar-refractivity contribution in [1.29, 1.82) is 0 Å². The molecule has 0 spiro atoms. The predicted molar refractivity (Wildman–Crippen MR) is 133 cm³/mol. The molecule has 3 aromatic heterocycles. The van der Waals surface area contributed by atoms with Gasteiger partial charge in [-0.3, -0.25) is 4.90 Å². The summed E-state index contributed by atoms with van der Waals surface area (Å²) in [6.45, 7) is 4.62. The van der Waals surface area contributed by atoms with Crippen LogP contribution < -0.4 is 5.32 Å². The Kier molecular flexibility index (Phi) is 5.11. The third kappa shape index (κ3) is 3.88. The van der Waals surface area contributed by atoms with Gasteiger partial charge in [0.2, 0.25) is 0 Å². The summed E-state index contributed by atoms with van der Waals surface area (Å²) in [5.41, 5.74) is 5.89. The van der Waals surface area contributed by atoms with E-state index in [-0.39, 0.29) is 0 Å². The molecule has 0 amide bonds. The molecule has 0 saturated carbocycles. The highest BCUT2D eigenvalue weighted by molar-refractivity contribution is 7.21. The van der Waals surface area contributed by atoms with Crippen molar-refractivity contribution in [3.63, 3.8) is 0 Å². The molecule has 6 rings (SSSR count). The first-order valence-electron chi connectivity index (χ1n) is 10.9. The minimum absolute atomic E-state index is 0.828. The average Bonchev–Trinajstić information content (AvgIpc) is 3.47. The fourth-order valence-electron chi connectivity index (χ4n) is 4.32. The molecule has 5 aromatic rings. The van der Waals surface area contributed by atoms with Crippen LogP contribution in [0, 0.1) is 0 Å². The van der Waals surface area contributed by atoms with Crippen LogP contribution in [0.4, 0.5) is 11.4 Å². The van der Waals surface area contributed by atoms with Gasteiger partial charge in [0.1, 0.15) is 4.83 Å². The first kappa shape index (κ1) is 19.5. The summed E-state index contributed by atoms with van der Waals surface area (Å²) in [4.78, 5) is 12.6. The highest BCUT2D eigenvalue weighted by Crippen LogP contribution is 2.37. The second-order valence-electron chi connectivity index (χ2n) is 8.18. The van der Waals surface area contributed by atoms with E-state index in [0.29, 0.717) is 0 Å². The quantitative estimate of drug-likeness (QED) is 0.351. The Bertz CT molecular complexity index is 1380. The van der Waals surface area contributed by atoms with Gasteiger partial charge in [0.25, 0.3) is 0 Å². The number of ether oxygens (including phenoxy) is 1. The van der Waals surface area contributed by atoms with Crippen molar-refractivity contribution >= 4 is 43.8 Å². The Morgan fingerprint density at radius 3 is 2.91 bits per heavy atom. The summed E-state index contributed by atoms with van der Waals surface area (Å²) in [7, 11) is 0. The third-order valence-corrected chi connectivity index (χ3v) is 7.08. The standard InChI is InChI=1S/C26H24N4OS/c1-2-18(17-30-10-12-31-13-11-30)14-20(3-1)25-16-22-24(7-9-28-26(22)32-25)29-21-4-5-23-19(15-21)6-8-27-23/h1-9,14-16,27H,10-13,17H2,(H,28,29). The topological polar surface area (TPSA) is 53.2 Å². The number of H-pyrrole nitrogens is 1. The zero-order valence-corrected chi connectivity index (χ0v) is 18.5. The van der Waals surface area contributed by atoms with E-state index in [1.54, 1.807) is 11.3 Å². The van der Waals surface area contributed by atoms with Crippen molar-refractivity contribution in [2.75, 3.05) is 31.6 Å². The smallest absolute Gasteiger partial charge is 0.125 e. The van der Waals surface area contributed by atoms with Crippen LogP contribution in [0.15, 0.2) is 73.1 Å². The largest absolute Gasteiger partial charge is 0.379 e. The summed E-state index contributed by atoms with van der Waals surface area (Å²) in [5, 5.41) is 5.94. The molecule has 6 heteroatoms. The number of benzene rings is 2. The normalized spacial score (nSPS) is 14.9. The molecular weight excluding hydrogens is 416 g/mol. The molecule has 5 nitrogen and oxygen atoms in total. The lowest BCUT2D eigenvalue weighted by Crippen LogP contribution is -2.35. The van der Waals surface area contributed by atoms with Gasteiger partial charge in [0, 0.05) is 58.9 Å². The number of nitrogens with zero attached hydrogens (tertiary/aromatic N) is 2. The van der Waals surface area contributed by atoms with E-state index < -0.39 is 0 Å². The summed E-state index contributed by atoms with van der Waals surface area (Å²) >= 11 is 1.74. The molecule has 1 fully saturated rings. The van der Waals surface area contributed by atoms with Crippen LogP contribution in [-0.4, -0.2) is 41.2 Å². The minimum atomic E-state index is 0.828. The van der Waals surface area contributed by atoms with Gasteiger partial charge in [-0.05, 0) is 53.6 Å². The number of hydrogen-bond donors (Lipinski definition) is 2. The monoisotopic (exact) mass is 440 g/mol. The average molecular weight is 441 g/mol. The fraction of sp³-hybridized carbons (Fsp3) is 0.192. The number of pyridine rings is 1. The van der Waals surface area contributed by atoms with E-state index in [2.05, 4.69) is 80.8 Å². The van der Waals surface area contributed by atoms with Gasteiger partial charge in [-0.25, -0.2) is 4.98 Å². The highest BCUT2D eigenvalue weighted by atomic mass is 32.1. The Morgan fingerprint density at radius 2 is 1.97 bits per heavy atom. The van der Waals surface area contributed by atoms with Crippen molar-refractivity contribution in [3.8, 4) is 10.4 Å². The Labute approximate surface area is 190 Å². The van der Waals surface area contributed by atoms with Crippen LogP contribution in [0.2, 0.25) is 0 Å². The van der Waals surface area contributed by atoms with Gasteiger partial charge in [0.05, 0.1) is 18.9 Å².